The highest BCUT2D eigenvalue weighted by Gasteiger charge is 2.13. The molecule has 19 heavy (non-hydrogen) atoms. The molecule has 0 fully saturated rings. The van der Waals surface area contributed by atoms with Gasteiger partial charge < -0.3 is 0 Å². The van der Waals surface area contributed by atoms with Crippen LogP contribution >= 0.6 is 15.9 Å². The average Bonchev–Trinajstić information content (AvgIpc) is 2.45. The van der Waals surface area contributed by atoms with Crippen molar-refractivity contribution in [3.8, 4) is 0 Å². The minimum atomic E-state index is 0.105. The van der Waals surface area contributed by atoms with Crippen LogP contribution in [-0.4, -0.2) is 5.78 Å². The van der Waals surface area contributed by atoms with Gasteiger partial charge >= 0.3 is 0 Å². The van der Waals surface area contributed by atoms with Crippen molar-refractivity contribution in [1.29, 1.82) is 0 Å². The summed E-state index contributed by atoms with van der Waals surface area (Å²) in [5.41, 5.74) is 3.88. The third-order valence-electron chi connectivity index (χ3n) is 3.29. The molecule has 0 atom stereocenters. The van der Waals surface area contributed by atoms with Crippen LogP contribution in [0.1, 0.15) is 40.9 Å². The second-order valence-electron chi connectivity index (χ2n) is 4.54. The van der Waals surface area contributed by atoms with Crippen molar-refractivity contribution < 1.29 is 4.79 Å². The van der Waals surface area contributed by atoms with Gasteiger partial charge in [-0.15, -0.1) is 0 Å². The predicted molar refractivity (Wildman–Crippen MR) is 82.8 cm³/mol. The normalized spacial score (nSPS) is 10.5. The Morgan fingerprint density at radius 3 is 2.47 bits per heavy atom. The first-order valence-electron chi connectivity index (χ1n) is 6.57. The van der Waals surface area contributed by atoms with Crippen LogP contribution in [-0.2, 0) is 12.8 Å². The smallest absolute Gasteiger partial charge is 0.193 e. The lowest BCUT2D eigenvalue weighted by molar-refractivity contribution is 0.103. The largest absolute Gasteiger partial charge is 0.289 e. The standard InChI is InChI=1S/C17H17BrO/c1-3-12-8-9-13(4-2)16(10-12)17(19)14-6-5-7-15(18)11-14/h5-11H,3-4H2,1-2H3. The highest BCUT2D eigenvalue weighted by atomic mass is 79.9. The van der Waals surface area contributed by atoms with E-state index >= 15 is 0 Å². The summed E-state index contributed by atoms with van der Waals surface area (Å²) in [6.07, 6.45) is 1.82. The van der Waals surface area contributed by atoms with E-state index in [9.17, 15) is 4.79 Å². The summed E-state index contributed by atoms with van der Waals surface area (Å²) in [5, 5.41) is 0. The molecule has 2 aromatic carbocycles. The fraction of sp³-hybridized carbons (Fsp3) is 0.235. The lowest BCUT2D eigenvalue weighted by Gasteiger charge is -2.09. The van der Waals surface area contributed by atoms with Crippen LogP contribution in [0, 0.1) is 0 Å². The molecule has 0 aromatic heterocycles. The number of ketones is 1. The zero-order valence-electron chi connectivity index (χ0n) is 11.2. The second kappa shape index (κ2) is 6.16. The van der Waals surface area contributed by atoms with E-state index < -0.39 is 0 Å². The van der Waals surface area contributed by atoms with E-state index in [1.165, 1.54) is 5.56 Å². The number of hydrogen-bond donors (Lipinski definition) is 0. The number of carbonyl (C=O) groups excluding carboxylic acids is 1. The number of benzene rings is 2. The summed E-state index contributed by atoms with van der Waals surface area (Å²) in [5.74, 6) is 0.105. The minimum absolute atomic E-state index is 0.105. The van der Waals surface area contributed by atoms with Gasteiger partial charge in [-0.2, -0.15) is 0 Å². The van der Waals surface area contributed by atoms with Crippen molar-refractivity contribution in [1.82, 2.24) is 0 Å². The van der Waals surface area contributed by atoms with Gasteiger partial charge in [0.2, 0.25) is 0 Å². The Morgan fingerprint density at radius 2 is 1.84 bits per heavy atom. The summed E-state index contributed by atoms with van der Waals surface area (Å²) in [7, 11) is 0. The van der Waals surface area contributed by atoms with Gasteiger partial charge in [0.1, 0.15) is 0 Å². The number of carbonyl (C=O) groups is 1. The van der Waals surface area contributed by atoms with E-state index in [2.05, 4.69) is 41.9 Å². The molecule has 0 radical (unpaired) electrons. The lowest BCUT2D eigenvalue weighted by atomic mass is 9.94. The van der Waals surface area contributed by atoms with Crippen molar-refractivity contribution in [2.75, 3.05) is 0 Å². The third-order valence-corrected chi connectivity index (χ3v) is 3.79. The molecular formula is C17H17BrO. The van der Waals surface area contributed by atoms with E-state index in [0.717, 1.165) is 34.0 Å². The molecule has 2 aromatic rings. The Hall–Kier alpha value is -1.41. The van der Waals surface area contributed by atoms with Gasteiger partial charge in [-0.1, -0.05) is 54.0 Å². The molecule has 0 bridgehead atoms. The predicted octanol–water partition coefficient (Wildman–Crippen LogP) is 4.80. The minimum Gasteiger partial charge on any atom is -0.289 e. The molecule has 0 heterocycles. The van der Waals surface area contributed by atoms with E-state index in [4.69, 9.17) is 0 Å². The summed E-state index contributed by atoms with van der Waals surface area (Å²) in [6, 6.07) is 13.8. The van der Waals surface area contributed by atoms with Gasteiger partial charge in [0, 0.05) is 15.6 Å². The fourth-order valence-corrected chi connectivity index (χ4v) is 2.55. The first kappa shape index (κ1) is 14.0. The molecule has 0 aliphatic heterocycles. The van der Waals surface area contributed by atoms with E-state index in [-0.39, 0.29) is 5.78 Å². The van der Waals surface area contributed by atoms with Crippen LogP contribution in [0.5, 0.6) is 0 Å². The number of halogens is 1. The van der Waals surface area contributed by atoms with Gasteiger partial charge in [0.15, 0.2) is 5.78 Å². The van der Waals surface area contributed by atoms with E-state index in [1.54, 1.807) is 0 Å². The maximum Gasteiger partial charge on any atom is 0.193 e. The molecule has 0 saturated carbocycles. The van der Waals surface area contributed by atoms with Crippen molar-refractivity contribution >= 4 is 21.7 Å². The summed E-state index contributed by atoms with van der Waals surface area (Å²) in [4.78, 5) is 12.6. The molecule has 0 saturated heterocycles. The Labute approximate surface area is 122 Å². The molecule has 2 heteroatoms. The summed E-state index contributed by atoms with van der Waals surface area (Å²) < 4.78 is 0.933. The van der Waals surface area contributed by atoms with Gasteiger partial charge in [0.25, 0.3) is 0 Å². The van der Waals surface area contributed by atoms with Crippen LogP contribution in [0.2, 0.25) is 0 Å². The van der Waals surface area contributed by atoms with Crippen LogP contribution in [0.15, 0.2) is 46.9 Å². The van der Waals surface area contributed by atoms with Gasteiger partial charge in [-0.05, 0) is 42.2 Å². The highest BCUT2D eigenvalue weighted by molar-refractivity contribution is 9.10. The molecule has 0 aliphatic carbocycles. The highest BCUT2D eigenvalue weighted by Crippen LogP contribution is 2.20. The lowest BCUT2D eigenvalue weighted by Crippen LogP contribution is -2.06. The Morgan fingerprint density at radius 1 is 1.05 bits per heavy atom. The Bertz CT molecular complexity index is 602. The van der Waals surface area contributed by atoms with Gasteiger partial charge in [-0.25, -0.2) is 0 Å². The van der Waals surface area contributed by atoms with Crippen molar-refractivity contribution in [2.24, 2.45) is 0 Å². The van der Waals surface area contributed by atoms with E-state index in [0.29, 0.717) is 0 Å². The Kier molecular flexibility index (Phi) is 4.54. The molecule has 0 N–H and O–H groups in total. The Balaban J connectivity index is 2.48. The summed E-state index contributed by atoms with van der Waals surface area (Å²) >= 11 is 3.41. The maximum absolute atomic E-state index is 12.6. The topological polar surface area (TPSA) is 17.1 Å². The van der Waals surface area contributed by atoms with Crippen molar-refractivity contribution in [3.63, 3.8) is 0 Å². The molecule has 0 aliphatic rings. The van der Waals surface area contributed by atoms with Crippen LogP contribution in [0.4, 0.5) is 0 Å². The quantitative estimate of drug-likeness (QED) is 0.740. The fourth-order valence-electron chi connectivity index (χ4n) is 2.15. The SMILES string of the molecule is CCc1ccc(CC)c(C(=O)c2cccc(Br)c2)c1. The maximum atomic E-state index is 12.6. The monoisotopic (exact) mass is 316 g/mol. The van der Waals surface area contributed by atoms with Crippen LogP contribution in [0.3, 0.4) is 0 Å². The average molecular weight is 317 g/mol. The summed E-state index contributed by atoms with van der Waals surface area (Å²) in [6.45, 7) is 4.19. The first-order chi connectivity index (χ1) is 9.15. The molecule has 2 rings (SSSR count). The molecule has 0 unspecified atom stereocenters. The number of hydrogen-bond acceptors (Lipinski definition) is 1. The molecule has 1 nitrogen and oxygen atoms in total. The molecular weight excluding hydrogens is 300 g/mol. The van der Waals surface area contributed by atoms with Crippen LogP contribution in [0.25, 0.3) is 0 Å². The zero-order chi connectivity index (χ0) is 13.8. The van der Waals surface area contributed by atoms with Crippen molar-refractivity contribution in [2.45, 2.75) is 26.7 Å². The number of rotatable bonds is 4. The molecule has 98 valence electrons. The van der Waals surface area contributed by atoms with Gasteiger partial charge in [0.05, 0.1) is 0 Å². The van der Waals surface area contributed by atoms with Gasteiger partial charge in [-0.3, -0.25) is 4.79 Å². The number of aryl methyl sites for hydroxylation is 2. The first-order valence-corrected chi connectivity index (χ1v) is 7.37. The van der Waals surface area contributed by atoms with Crippen LogP contribution < -0.4 is 0 Å². The van der Waals surface area contributed by atoms with E-state index in [1.807, 2.05) is 30.3 Å². The second-order valence-corrected chi connectivity index (χ2v) is 5.45. The van der Waals surface area contributed by atoms with Crippen molar-refractivity contribution in [3.05, 3.63) is 69.2 Å². The molecule has 0 amide bonds. The molecule has 0 spiro atoms. The third kappa shape index (κ3) is 3.13. The zero-order valence-corrected chi connectivity index (χ0v) is 12.8.